The molecule has 5 aromatic rings. The van der Waals surface area contributed by atoms with Crippen molar-refractivity contribution >= 4 is 39.3 Å². The first-order chi connectivity index (χ1) is 14.6. The van der Waals surface area contributed by atoms with Gasteiger partial charge in [-0.05, 0) is 62.1 Å². The molecule has 0 aliphatic rings. The number of nitrogens with one attached hydrogen (secondary N) is 3. The summed E-state index contributed by atoms with van der Waals surface area (Å²) in [6.45, 7) is 4.18. The summed E-state index contributed by atoms with van der Waals surface area (Å²) >= 11 is 0. The van der Waals surface area contributed by atoms with Gasteiger partial charge in [0.05, 0.1) is 0 Å². The van der Waals surface area contributed by atoms with Crippen LogP contribution in [0.25, 0.3) is 21.8 Å². The van der Waals surface area contributed by atoms with Crippen molar-refractivity contribution in [1.82, 2.24) is 19.9 Å². The second-order valence-corrected chi connectivity index (χ2v) is 7.79. The number of aromatic amines is 2. The van der Waals surface area contributed by atoms with Gasteiger partial charge in [-0.15, -0.1) is 0 Å². The topological polar surface area (TPSA) is 95.4 Å². The minimum Gasteiger partial charge on any atom is -0.368 e. The highest BCUT2D eigenvalue weighted by atomic mass is 15.1. The molecule has 0 radical (unpaired) electrons. The van der Waals surface area contributed by atoms with Gasteiger partial charge >= 0.3 is 0 Å². The van der Waals surface area contributed by atoms with E-state index >= 15 is 0 Å². The van der Waals surface area contributed by atoms with E-state index in [1.165, 1.54) is 22.0 Å². The molecule has 3 heterocycles. The van der Waals surface area contributed by atoms with E-state index in [1.54, 1.807) is 0 Å². The number of benzene rings is 2. The Morgan fingerprint density at radius 2 is 1.90 bits per heavy atom. The van der Waals surface area contributed by atoms with Gasteiger partial charge in [0.15, 0.2) is 0 Å². The van der Waals surface area contributed by atoms with Crippen LogP contribution in [0.1, 0.15) is 22.4 Å². The lowest BCUT2D eigenvalue weighted by Crippen LogP contribution is -2.05. The van der Waals surface area contributed by atoms with Gasteiger partial charge in [0.1, 0.15) is 5.82 Å². The molecule has 6 nitrogen and oxygen atoms in total. The lowest BCUT2D eigenvalue weighted by Gasteiger charge is -2.11. The minimum atomic E-state index is 0.266. The minimum absolute atomic E-state index is 0.266. The maximum absolute atomic E-state index is 5.88. The van der Waals surface area contributed by atoms with Crippen molar-refractivity contribution in [2.45, 2.75) is 26.7 Å². The first kappa shape index (κ1) is 18.2. The van der Waals surface area contributed by atoms with E-state index in [9.17, 15) is 0 Å². The van der Waals surface area contributed by atoms with Gasteiger partial charge in [-0.2, -0.15) is 4.98 Å². The molecular formula is C24H24N6. The lowest BCUT2D eigenvalue weighted by atomic mass is 10.0. The number of nitrogen functional groups attached to an aromatic ring is 1. The number of H-pyrrole nitrogens is 2. The molecular weight excluding hydrogens is 372 g/mol. The smallest absolute Gasteiger partial charge is 0.221 e. The molecule has 5 N–H and O–H groups in total. The summed E-state index contributed by atoms with van der Waals surface area (Å²) in [5.41, 5.74) is 13.9. The predicted molar refractivity (Wildman–Crippen MR) is 123 cm³/mol. The quantitative estimate of drug-likeness (QED) is 0.330. The van der Waals surface area contributed by atoms with Gasteiger partial charge < -0.3 is 21.0 Å². The van der Waals surface area contributed by atoms with Crippen LogP contribution < -0.4 is 11.1 Å². The molecule has 150 valence electrons. The number of hydrogen-bond acceptors (Lipinski definition) is 4. The van der Waals surface area contributed by atoms with E-state index in [-0.39, 0.29) is 5.95 Å². The molecule has 5 rings (SSSR count). The molecule has 30 heavy (non-hydrogen) atoms. The molecule has 0 aliphatic heterocycles. The fraction of sp³-hybridized carbons (Fsp3) is 0.167. The molecule has 0 saturated heterocycles. The number of aryl methyl sites for hydroxylation is 4. The maximum Gasteiger partial charge on any atom is 0.221 e. The Bertz CT molecular complexity index is 1360. The van der Waals surface area contributed by atoms with Crippen molar-refractivity contribution in [1.29, 1.82) is 0 Å². The van der Waals surface area contributed by atoms with Crippen LogP contribution in [0.2, 0.25) is 0 Å². The maximum atomic E-state index is 5.88. The van der Waals surface area contributed by atoms with Crippen LogP contribution >= 0.6 is 0 Å². The number of rotatable bonds is 5. The highest BCUT2D eigenvalue weighted by Crippen LogP contribution is 2.26. The van der Waals surface area contributed by atoms with Crippen molar-refractivity contribution in [2.75, 3.05) is 11.1 Å². The Hall–Kier alpha value is -3.80. The summed E-state index contributed by atoms with van der Waals surface area (Å²) in [6.07, 6.45) is 5.63. The van der Waals surface area contributed by atoms with Gasteiger partial charge in [-0.3, -0.25) is 0 Å². The third-order valence-corrected chi connectivity index (χ3v) is 5.57. The van der Waals surface area contributed by atoms with Crippen molar-refractivity contribution in [3.05, 3.63) is 77.2 Å². The van der Waals surface area contributed by atoms with Gasteiger partial charge in [0, 0.05) is 51.1 Å². The largest absolute Gasteiger partial charge is 0.368 e. The predicted octanol–water partition coefficient (Wildman–Crippen LogP) is 5.17. The third-order valence-electron chi connectivity index (χ3n) is 5.57. The summed E-state index contributed by atoms with van der Waals surface area (Å²) in [5.74, 6) is 1.02. The molecule has 0 unspecified atom stereocenters. The normalized spacial score (nSPS) is 11.4. The van der Waals surface area contributed by atoms with Crippen molar-refractivity contribution < 1.29 is 0 Å². The SMILES string of the molecule is Cc1cc2cc(Nc3nc(N)ncc3CCc3c[nH]c4c(C)cccc34)ccc2[nH]1. The molecule has 2 aromatic carbocycles. The van der Waals surface area contributed by atoms with Crippen LogP contribution in [0.4, 0.5) is 17.5 Å². The summed E-state index contributed by atoms with van der Waals surface area (Å²) in [5, 5.41) is 5.87. The second kappa shape index (κ2) is 7.22. The Morgan fingerprint density at radius 3 is 2.80 bits per heavy atom. The lowest BCUT2D eigenvalue weighted by molar-refractivity contribution is 0.945. The van der Waals surface area contributed by atoms with Gasteiger partial charge in [-0.25, -0.2) is 4.98 Å². The number of aromatic nitrogens is 4. The van der Waals surface area contributed by atoms with Crippen LogP contribution in [0, 0.1) is 13.8 Å². The molecule has 0 spiro atoms. The van der Waals surface area contributed by atoms with E-state index in [0.717, 1.165) is 46.5 Å². The summed E-state index contributed by atoms with van der Waals surface area (Å²) in [4.78, 5) is 15.4. The zero-order valence-electron chi connectivity index (χ0n) is 17.1. The number of anilines is 3. The molecule has 0 bridgehead atoms. The first-order valence-electron chi connectivity index (χ1n) is 10.1. The van der Waals surface area contributed by atoms with Gasteiger partial charge in [0.25, 0.3) is 0 Å². The second-order valence-electron chi connectivity index (χ2n) is 7.79. The Kier molecular flexibility index (Phi) is 4.39. The van der Waals surface area contributed by atoms with Crippen molar-refractivity contribution in [2.24, 2.45) is 0 Å². The number of fused-ring (bicyclic) bond motifs is 2. The van der Waals surface area contributed by atoms with Gasteiger partial charge in [-0.1, -0.05) is 18.2 Å². The van der Waals surface area contributed by atoms with Gasteiger partial charge in [0.2, 0.25) is 5.95 Å². The zero-order chi connectivity index (χ0) is 20.7. The van der Waals surface area contributed by atoms with Crippen molar-refractivity contribution in [3.8, 4) is 0 Å². The first-order valence-corrected chi connectivity index (χ1v) is 10.1. The van der Waals surface area contributed by atoms with E-state index in [1.807, 2.05) is 12.3 Å². The highest BCUT2D eigenvalue weighted by molar-refractivity contribution is 5.86. The summed E-state index contributed by atoms with van der Waals surface area (Å²) in [6, 6.07) is 14.8. The Labute approximate surface area is 174 Å². The fourth-order valence-electron chi connectivity index (χ4n) is 4.04. The molecule has 6 heteroatoms. The molecule has 3 aromatic heterocycles. The molecule has 0 amide bonds. The van der Waals surface area contributed by atoms with Crippen molar-refractivity contribution in [3.63, 3.8) is 0 Å². The zero-order valence-corrected chi connectivity index (χ0v) is 17.1. The molecule has 0 fully saturated rings. The average molecular weight is 396 g/mol. The average Bonchev–Trinajstić information content (AvgIpc) is 3.30. The number of nitrogens with zero attached hydrogens (tertiary/aromatic N) is 2. The van der Waals surface area contributed by atoms with Crippen LogP contribution in [0.5, 0.6) is 0 Å². The standard InChI is InChI=1S/C24H24N6/c1-14-4-3-5-20-16(12-26-22(14)20)6-7-17-13-27-24(25)30-23(17)29-19-8-9-21-18(11-19)10-15(2)28-21/h3-5,8-13,26,28H,6-7H2,1-2H3,(H3,25,27,29,30). The summed E-state index contributed by atoms with van der Waals surface area (Å²) < 4.78 is 0. The van der Waals surface area contributed by atoms with Crippen LogP contribution in [0.15, 0.2) is 54.9 Å². The summed E-state index contributed by atoms with van der Waals surface area (Å²) in [7, 11) is 0. The molecule has 0 aliphatic carbocycles. The monoisotopic (exact) mass is 396 g/mol. The molecule has 0 saturated carbocycles. The third kappa shape index (κ3) is 3.37. The van der Waals surface area contributed by atoms with E-state index in [4.69, 9.17) is 5.73 Å². The van der Waals surface area contributed by atoms with Crippen LogP contribution in [-0.2, 0) is 12.8 Å². The number of para-hydroxylation sites is 1. The van der Waals surface area contributed by atoms with Crippen LogP contribution in [0.3, 0.4) is 0 Å². The molecule has 0 atom stereocenters. The van der Waals surface area contributed by atoms with E-state index in [0.29, 0.717) is 0 Å². The van der Waals surface area contributed by atoms with E-state index < -0.39 is 0 Å². The van der Waals surface area contributed by atoms with E-state index in [2.05, 4.69) is 81.7 Å². The highest BCUT2D eigenvalue weighted by Gasteiger charge is 2.11. The Balaban J connectivity index is 1.42. The fourth-order valence-corrected chi connectivity index (χ4v) is 4.04. The van der Waals surface area contributed by atoms with Crippen LogP contribution in [-0.4, -0.2) is 19.9 Å². The number of nitrogens with two attached hydrogens (primary N) is 1. The Morgan fingerprint density at radius 1 is 1.03 bits per heavy atom. The number of hydrogen-bond donors (Lipinski definition) is 4.